The van der Waals surface area contributed by atoms with Crippen molar-refractivity contribution < 1.29 is 8.42 Å². The van der Waals surface area contributed by atoms with E-state index >= 15 is 0 Å². The number of nitrogen functional groups attached to an aromatic ring is 1. The summed E-state index contributed by atoms with van der Waals surface area (Å²) in [5.41, 5.74) is 5.96. The molecule has 0 unspecified atom stereocenters. The van der Waals surface area contributed by atoms with Gasteiger partial charge >= 0.3 is 19.6 Å². The molecule has 0 aliphatic heterocycles. The summed E-state index contributed by atoms with van der Waals surface area (Å²) >= 11 is 0. The van der Waals surface area contributed by atoms with Crippen LogP contribution in [0.1, 0.15) is 0 Å². The molecule has 2 N–H and O–H groups in total. The van der Waals surface area contributed by atoms with Crippen molar-refractivity contribution in [3.8, 4) is 0 Å². The van der Waals surface area contributed by atoms with Crippen molar-refractivity contribution in [2.24, 2.45) is 0 Å². The highest BCUT2D eigenvalue weighted by Gasteiger charge is 2.08. The molecule has 0 saturated heterocycles. The molecule has 58 valence electrons. The summed E-state index contributed by atoms with van der Waals surface area (Å²) in [5.74, 6) is 0. The average Bonchev–Trinajstić information content (AvgIpc) is 1.93. The maximum Gasteiger partial charge on any atom is 0.478 e. The number of anilines is 1. The summed E-state index contributed by atoms with van der Waals surface area (Å²) < 4.78 is 20.5. The average molecular weight is 188 g/mol. The fourth-order valence-corrected chi connectivity index (χ4v) is 1.97. The van der Waals surface area contributed by atoms with Gasteiger partial charge < -0.3 is 5.73 Å². The third-order valence-electron chi connectivity index (χ3n) is 1.08. The lowest BCUT2D eigenvalue weighted by atomic mass is 10.3. The molecule has 0 aromatic heterocycles. The lowest BCUT2D eigenvalue weighted by molar-refractivity contribution is 0.628. The Balaban J connectivity index is 3.25. The minimum absolute atomic E-state index is 0.488. The lowest BCUT2D eigenvalue weighted by Crippen LogP contribution is -1.88. The Labute approximate surface area is 69.0 Å². The number of hydrogen-bond donors (Lipinski definition) is 1. The van der Waals surface area contributed by atoms with Gasteiger partial charge in [-0.05, 0) is 6.07 Å². The van der Waals surface area contributed by atoms with Gasteiger partial charge in [-0.2, -0.15) is 0 Å². The smallest absolute Gasteiger partial charge is 0.394 e. The van der Waals surface area contributed by atoms with Crippen LogP contribution in [0.4, 0.5) is 5.69 Å². The van der Waals surface area contributed by atoms with Crippen molar-refractivity contribution in [1.82, 2.24) is 0 Å². The molecular formula is C6H6NO2S2+. The number of benzene rings is 1. The predicted octanol–water partition coefficient (Wildman–Crippen LogP) is 0.504. The third kappa shape index (κ3) is 2.28. The van der Waals surface area contributed by atoms with Gasteiger partial charge in [-0.3, -0.25) is 0 Å². The number of para-hydroxylation sites is 1. The van der Waals surface area contributed by atoms with Crippen LogP contribution in [0.15, 0.2) is 29.2 Å². The minimum Gasteiger partial charge on any atom is -0.394 e. The highest BCUT2D eigenvalue weighted by molar-refractivity contribution is 8.24. The van der Waals surface area contributed by atoms with E-state index in [1.807, 2.05) is 0 Å². The second kappa shape index (κ2) is 3.45. The van der Waals surface area contributed by atoms with Crippen LogP contribution >= 0.6 is 0 Å². The molecule has 1 rings (SSSR count). The summed E-state index contributed by atoms with van der Waals surface area (Å²) in [6.07, 6.45) is 0. The van der Waals surface area contributed by atoms with Crippen molar-refractivity contribution in [3.63, 3.8) is 0 Å². The molecule has 5 heteroatoms. The Kier molecular flexibility index (Phi) is 2.56. The maximum atomic E-state index is 10.2. The van der Waals surface area contributed by atoms with Crippen LogP contribution in [-0.4, -0.2) is 8.42 Å². The maximum absolute atomic E-state index is 10.2. The van der Waals surface area contributed by atoms with Crippen molar-refractivity contribution in [3.05, 3.63) is 24.3 Å². The second-order valence-corrected chi connectivity index (χ2v) is 4.16. The summed E-state index contributed by atoms with van der Waals surface area (Å²) in [5, 5.41) is 0. The van der Waals surface area contributed by atoms with Crippen LogP contribution in [0.5, 0.6) is 0 Å². The minimum atomic E-state index is -2.14. The van der Waals surface area contributed by atoms with Gasteiger partial charge in [0.2, 0.25) is 0 Å². The van der Waals surface area contributed by atoms with E-state index < -0.39 is 9.26 Å². The Bertz CT molecular complexity index is 375. The van der Waals surface area contributed by atoms with E-state index in [4.69, 9.17) is 5.73 Å². The standard InChI is InChI=1S/C6H6NO2S2/c7-5-3-1-2-4-6(5)10-11(8)9/h1-4H,7H2/q+1. The fraction of sp³-hybridized carbons (Fsp3) is 0. The zero-order valence-electron chi connectivity index (χ0n) is 5.52. The first kappa shape index (κ1) is 8.16. The van der Waals surface area contributed by atoms with Gasteiger partial charge in [-0.1, -0.05) is 12.1 Å². The Morgan fingerprint density at radius 1 is 1.27 bits per heavy atom. The Morgan fingerprint density at radius 3 is 2.45 bits per heavy atom. The number of hydrogen-bond acceptors (Lipinski definition) is 3. The van der Waals surface area contributed by atoms with E-state index in [0.717, 1.165) is 0 Å². The number of rotatable bonds is 1. The molecule has 0 radical (unpaired) electrons. The Hall–Kier alpha value is -0.940. The van der Waals surface area contributed by atoms with Crippen molar-refractivity contribution >= 4 is 25.3 Å². The lowest BCUT2D eigenvalue weighted by Gasteiger charge is -1.84. The molecule has 0 heterocycles. The number of nitrogens with two attached hydrogens (primary N) is 1. The molecule has 0 amide bonds. The van der Waals surface area contributed by atoms with Gasteiger partial charge in [-0.25, -0.2) is 0 Å². The largest absolute Gasteiger partial charge is 0.478 e. The normalized spacial score (nSPS) is 9.09. The van der Waals surface area contributed by atoms with E-state index in [0.29, 0.717) is 20.9 Å². The van der Waals surface area contributed by atoms with E-state index in [-0.39, 0.29) is 0 Å². The van der Waals surface area contributed by atoms with Crippen LogP contribution in [0.25, 0.3) is 0 Å². The van der Waals surface area contributed by atoms with Crippen molar-refractivity contribution in [2.75, 3.05) is 5.73 Å². The molecule has 1 aromatic carbocycles. The van der Waals surface area contributed by atoms with Gasteiger partial charge in [0.1, 0.15) is 0 Å². The quantitative estimate of drug-likeness (QED) is 0.516. The van der Waals surface area contributed by atoms with Gasteiger partial charge in [0, 0.05) is 6.07 Å². The van der Waals surface area contributed by atoms with Crippen molar-refractivity contribution in [2.45, 2.75) is 4.90 Å². The third-order valence-corrected chi connectivity index (χ3v) is 2.71. The van der Waals surface area contributed by atoms with Crippen LogP contribution in [0.2, 0.25) is 0 Å². The molecule has 3 nitrogen and oxygen atoms in total. The molecule has 1 aromatic rings. The summed E-state index contributed by atoms with van der Waals surface area (Å²) in [6, 6.07) is 6.82. The SMILES string of the molecule is Nc1ccccc1[S+]=S(=O)=O. The first-order valence-corrected chi connectivity index (χ1v) is 5.23. The summed E-state index contributed by atoms with van der Waals surface area (Å²) in [7, 11) is -1.42. The van der Waals surface area contributed by atoms with Crippen molar-refractivity contribution in [1.29, 1.82) is 0 Å². The van der Waals surface area contributed by atoms with Crippen LogP contribution in [0.3, 0.4) is 0 Å². The zero-order valence-corrected chi connectivity index (χ0v) is 7.15. The monoisotopic (exact) mass is 188 g/mol. The van der Waals surface area contributed by atoms with Gasteiger partial charge in [0.15, 0.2) is 0 Å². The van der Waals surface area contributed by atoms with Gasteiger partial charge in [-0.15, -0.1) is 8.42 Å². The molecular weight excluding hydrogens is 182 g/mol. The Morgan fingerprint density at radius 2 is 1.91 bits per heavy atom. The molecule has 0 atom stereocenters. The van der Waals surface area contributed by atoms with Gasteiger partial charge in [0.05, 0.1) is 5.69 Å². The highest BCUT2D eigenvalue weighted by atomic mass is 32.8. The van der Waals surface area contributed by atoms with Crippen LogP contribution in [-0.2, 0) is 19.6 Å². The van der Waals surface area contributed by atoms with E-state index in [2.05, 4.69) is 0 Å². The molecule has 0 fully saturated rings. The molecule has 0 aliphatic carbocycles. The van der Waals surface area contributed by atoms with Gasteiger partial charge in [0.25, 0.3) is 4.90 Å². The topological polar surface area (TPSA) is 60.2 Å². The fourth-order valence-electron chi connectivity index (χ4n) is 0.630. The summed E-state index contributed by atoms with van der Waals surface area (Å²) in [6.45, 7) is 0. The van der Waals surface area contributed by atoms with E-state index in [1.165, 1.54) is 0 Å². The summed E-state index contributed by atoms with van der Waals surface area (Å²) in [4.78, 5) is 0.570. The van der Waals surface area contributed by atoms with E-state index in [1.54, 1.807) is 24.3 Å². The highest BCUT2D eigenvalue weighted by Crippen LogP contribution is 2.09. The first-order valence-electron chi connectivity index (χ1n) is 2.82. The van der Waals surface area contributed by atoms with Crippen LogP contribution in [0, 0.1) is 0 Å². The zero-order chi connectivity index (χ0) is 8.27. The van der Waals surface area contributed by atoms with E-state index in [9.17, 15) is 8.42 Å². The second-order valence-electron chi connectivity index (χ2n) is 1.83. The molecule has 0 aliphatic rings. The predicted molar refractivity (Wildman–Crippen MR) is 45.4 cm³/mol. The first-order chi connectivity index (χ1) is 5.20. The van der Waals surface area contributed by atoms with Crippen LogP contribution < -0.4 is 5.73 Å². The molecule has 0 bridgehead atoms. The molecule has 11 heavy (non-hydrogen) atoms. The molecule has 0 spiro atoms. The molecule has 0 saturated carbocycles.